The van der Waals surface area contributed by atoms with Crippen LogP contribution in [0.2, 0.25) is 0 Å². The van der Waals surface area contributed by atoms with Crippen molar-refractivity contribution in [2.45, 2.75) is 0 Å². The fourth-order valence-electron chi connectivity index (χ4n) is 7.17. The molecule has 0 fully saturated rings. The summed E-state index contributed by atoms with van der Waals surface area (Å²) in [6.45, 7) is 0. The number of fused-ring (bicyclic) bond motifs is 2. The highest BCUT2D eigenvalue weighted by Gasteiger charge is 2.47. The van der Waals surface area contributed by atoms with Crippen molar-refractivity contribution in [2.75, 3.05) is 0 Å². The van der Waals surface area contributed by atoms with Crippen molar-refractivity contribution in [2.24, 2.45) is 0 Å². The van der Waals surface area contributed by atoms with Gasteiger partial charge in [-0.25, -0.2) is 0 Å². The molecule has 0 atom stereocenters. The zero-order chi connectivity index (χ0) is 28.4. The Hall–Kier alpha value is -5.52. The topological polar surface area (TPSA) is 35.6 Å². The van der Waals surface area contributed by atoms with Crippen molar-refractivity contribution in [3.63, 3.8) is 0 Å². The van der Waals surface area contributed by atoms with E-state index in [0.29, 0.717) is 0 Å². The van der Waals surface area contributed by atoms with Crippen LogP contribution in [0.5, 0.6) is 0 Å². The number of pyridine rings is 2. The molecule has 1 aliphatic rings. The molecule has 4 aromatic carbocycles. The van der Waals surface area contributed by atoms with Gasteiger partial charge < -0.3 is 8.80 Å². The Morgan fingerprint density at radius 2 is 1.00 bits per heavy atom. The molecule has 43 heavy (non-hydrogen) atoms. The molecule has 5 heterocycles. The zero-order valence-corrected chi connectivity index (χ0v) is 24.3. The van der Waals surface area contributed by atoms with Gasteiger partial charge in [-0.1, -0.05) is 103 Å². The van der Waals surface area contributed by atoms with Crippen molar-refractivity contribution in [3.8, 4) is 28.2 Å². The fraction of sp³-hybridized carbons (Fsp3) is 0. The average Bonchev–Trinajstić information content (AvgIpc) is 3.64. The number of nitrogens with zero attached hydrogens (tertiary/aromatic N) is 4. The molecule has 0 bridgehead atoms. The summed E-state index contributed by atoms with van der Waals surface area (Å²) in [5.41, 5.74) is 7.88. The summed E-state index contributed by atoms with van der Waals surface area (Å²) in [5.74, 6) is 0. The first-order chi connectivity index (χ1) is 21.4. The highest BCUT2D eigenvalue weighted by Crippen LogP contribution is 2.42. The molecule has 4 nitrogen and oxygen atoms in total. The Balaban J connectivity index is 1.55. The molecule has 0 aliphatic carbocycles. The first kappa shape index (κ1) is 24.1. The summed E-state index contributed by atoms with van der Waals surface area (Å²) in [5, 5.41) is 6.42. The van der Waals surface area contributed by atoms with Gasteiger partial charge in [-0.05, 0) is 45.9 Å². The lowest BCUT2D eigenvalue weighted by Gasteiger charge is -2.35. The van der Waals surface area contributed by atoms with Gasteiger partial charge in [0, 0.05) is 52.4 Å². The van der Waals surface area contributed by atoms with Crippen LogP contribution in [0.1, 0.15) is 0 Å². The molecule has 0 saturated carbocycles. The molecule has 0 saturated heterocycles. The van der Waals surface area contributed by atoms with Crippen molar-refractivity contribution in [1.29, 1.82) is 0 Å². The molecule has 9 rings (SSSR count). The Morgan fingerprint density at radius 3 is 1.60 bits per heavy atom. The third kappa shape index (κ3) is 3.31. The van der Waals surface area contributed by atoms with E-state index >= 15 is 0 Å². The van der Waals surface area contributed by atoms with Gasteiger partial charge in [-0.15, -0.1) is 0 Å². The molecule has 5 heteroatoms. The van der Waals surface area contributed by atoms with E-state index in [0.717, 1.165) is 22.5 Å². The van der Waals surface area contributed by atoms with Crippen molar-refractivity contribution < 1.29 is 0 Å². The van der Waals surface area contributed by atoms with Crippen LogP contribution in [-0.2, 0) is 0 Å². The van der Waals surface area contributed by atoms with Crippen LogP contribution in [0.25, 0.3) is 50.0 Å². The second-order valence-corrected chi connectivity index (χ2v) is 14.7. The lowest BCUT2D eigenvalue weighted by Crippen LogP contribution is -2.72. The minimum atomic E-state index is -2.90. The van der Waals surface area contributed by atoms with Crippen LogP contribution in [0.3, 0.4) is 0 Å². The van der Waals surface area contributed by atoms with E-state index in [1.807, 2.05) is 24.5 Å². The highest BCUT2D eigenvalue weighted by atomic mass is 28.3. The normalized spacial score (nSPS) is 13.3. The van der Waals surface area contributed by atoms with E-state index in [1.165, 1.54) is 43.1 Å². The number of hydrogen-bond donors (Lipinski definition) is 0. The minimum Gasteiger partial charge on any atom is -0.360 e. The molecule has 0 radical (unpaired) electrons. The second kappa shape index (κ2) is 9.24. The molecular formula is C38H26N4Si. The van der Waals surface area contributed by atoms with E-state index in [9.17, 15) is 0 Å². The molecule has 0 N–H and O–H groups in total. The Labute approximate surface area is 250 Å². The van der Waals surface area contributed by atoms with E-state index < -0.39 is 8.24 Å². The van der Waals surface area contributed by atoms with Crippen molar-refractivity contribution in [1.82, 2.24) is 18.8 Å². The van der Waals surface area contributed by atoms with Crippen LogP contribution >= 0.6 is 0 Å². The Morgan fingerprint density at radius 1 is 0.465 bits per heavy atom. The van der Waals surface area contributed by atoms with Crippen molar-refractivity contribution >= 4 is 45.6 Å². The van der Waals surface area contributed by atoms with Crippen LogP contribution in [0.15, 0.2) is 158 Å². The van der Waals surface area contributed by atoms with Gasteiger partial charge in [0.1, 0.15) is 0 Å². The smallest absolute Gasteiger partial charge is 0.259 e. The van der Waals surface area contributed by atoms with Gasteiger partial charge in [0.25, 0.3) is 8.24 Å². The van der Waals surface area contributed by atoms with Crippen LogP contribution in [0.4, 0.5) is 0 Å². The highest BCUT2D eigenvalue weighted by molar-refractivity contribution is 7.11. The predicted octanol–water partition coefficient (Wildman–Crippen LogP) is 6.54. The van der Waals surface area contributed by atoms with Gasteiger partial charge in [0.2, 0.25) is 0 Å². The fourth-order valence-corrected chi connectivity index (χ4v) is 12.1. The molecule has 8 aromatic rings. The SMILES string of the molecule is c1ccc([Si]2(c3ccccc3)c3ccccc3-n3cc(-c4ccccn4)c4ccc5c(-c6ccccn6)cn2c5c43)cc1. The average molecular weight is 567 g/mol. The zero-order valence-electron chi connectivity index (χ0n) is 23.3. The molecular weight excluding hydrogens is 541 g/mol. The lowest BCUT2D eigenvalue weighted by atomic mass is 10.0. The quantitative estimate of drug-likeness (QED) is 0.227. The summed E-state index contributed by atoms with van der Waals surface area (Å²) in [6, 6.07) is 48.1. The Bertz CT molecular complexity index is 2230. The largest absolute Gasteiger partial charge is 0.360 e. The lowest BCUT2D eigenvalue weighted by molar-refractivity contribution is 1.14. The molecule has 0 spiro atoms. The molecule has 1 aliphatic heterocycles. The first-order valence-corrected chi connectivity index (χ1v) is 16.5. The summed E-state index contributed by atoms with van der Waals surface area (Å²) in [4.78, 5) is 9.62. The van der Waals surface area contributed by atoms with Crippen LogP contribution < -0.4 is 15.6 Å². The van der Waals surface area contributed by atoms with E-state index in [4.69, 9.17) is 9.97 Å². The summed E-state index contributed by atoms with van der Waals surface area (Å²) in [6.07, 6.45) is 8.45. The number of rotatable bonds is 4. The van der Waals surface area contributed by atoms with E-state index in [2.05, 4.69) is 143 Å². The number of para-hydroxylation sites is 1. The molecule has 0 unspecified atom stereocenters. The van der Waals surface area contributed by atoms with Crippen LogP contribution in [-0.4, -0.2) is 27.0 Å². The maximum Gasteiger partial charge on any atom is 0.259 e. The summed E-state index contributed by atoms with van der Waals surface area (Å²) >= 11 is 0. The van der Waals surface area contributed by atoms with Gasteiger partial charge in [-0.3, -0.25) is 9.97 Å². The predicted molar refractivity (Wildman–Crippen MR) is 178 cm³/mol. The molecule has 202 valence electrons. The Kier molecular flexibility index (Phi) is 5.18. The minimum absolute atomic E-state index is 0.973. The summed E-state index contributed by atoms with van der Waals surface area (Å²) in [7, 11) is -2.90. The number of hydrogen-bond acceptors (Lipinski definition) is 2. The van der Waals surface area contributed by atoms with Gasteiger partial charge >= 0.3 is 0 Å². The molecule has 0 amide bonds. The summed E-state index contributed by atoms with van der Waals surface area (Å²) < 4.78 is 5.08. The van der Waals surface area contributed by atoms with Gasteiger partial charge in [0.05, 0.1) is 22.4 Å². The molecule has 4 aromatic heterocycles. The number of aromatic nitrogens is 4. The number of benzene rings is 4. The second-order valence-electron chi connectivity index (χ2n) is 11.1. The standard InChI is InChI=1S/C38H26N4Si/c1-3-13-27(14-4-1)43(28-15-5-2-6-16-28)36-20-8-7-19-35(36)41-25-31(33-17-9-11-23-39-33)29-21-22-30-32(34-18-10-12-24-40-34)26-42(43)38(30)37(29)41/h1-26H. The van der Waals surface area contributed by atoms with E-state index in [-0.39, 0.29) is 0 Å². The maximum absolute atomic E-state index is 4.84. The van der Waals surface area contributed by atoms with Crippen LogP contribution in [0, 0.1) is 0 Å². The first-order valence-electron chi connectivity index (χ1n) is 14.6. The van der Waals surface area contributed by atoms with E-state index in [1.54, 1.807) is 0 Å². The van der Waals surface area contributed by atoms with Gasteiger partial charge in [-0.2, -0.15) is 0 Å². The maximum atomic E-state index is 4.84. The third-order valence-electron chi connectivity index (χ3n) is 8.91. The monoisotopic (exact) mass is 566 g/mol. The van der Waals surface area contributed by atoms with Crippen molar-refractivity contribution in [3.05, 3.63) is 158 Å². The van der Waals surface area contributed by atoms with Gasteiger partial charge in [0.15, 0.2) is 0 Å². The third-order valence-corrected chi connectivity index (χ3v) is 13.5.